The minimum atomic E-state index is -4.27. The Morgan fingerprint density at radius 3 is 2.48 bits per heavy atom. The second-order valence-electron chi connectivity index (χ2n) is 3.95. The van der Waals surface area contributed by atoms with Gasteiger partial charge in [-0.2, -0.15) is 8.42 Å². The van der Waals surface area contributed by atoms with Gasteiger partial charge in [0.2, 0.25) is 0 Å². The Labute approximate surface area is 120 Å². The molecule has 0 N–H and O–H groups in total. The number of nitro benzene ring substituents is 1. The first-order chi connectivity index (χ1) is 9.94. The summed E-state index contributed by atoms with van der Waals surface area (Å²) < 4.78 is 29.0. The zero-order valence-corrected chi connectivity index (χ0v) is 11.3. The van der Waals surface area contributed by atoms with Crippen molar-refractivity contribution in [3.63, 3.8) is 0 Å². The first-order valence-electron chi connectivity index (χ1n) is 5.67. The van der Waals surface area contributed by atoms with Gasteiger partial charge in [-0.1, -0.05) is 18.2 Å². The fraction of sp³-hybridized carbons (Fsp3) is 0. The van der Waals surface area contributed by atoms with Gasteiger partial charge < -0.3 is 4.18 Å². The average Bonchev–Trinajstić information content (AvgIpc) is 2.47. The van der Waals surface area contributed by atoms with Gasteiger partial charge in [-0.05, 0) is 18.2 Å². The summed E-state index contributed by atoms with van der Waals surface area (Å²) in [6.45, 7) is 0. The van der Waals surface area contributed by atoms with Crippen molar-refractivity contribution in [2.24, 2.45) is 0 Å². The molecule has 21 heavy (non-hydrogen) atoms. The van der Waals surface area contributed by atoms with Gasteiger partial charge in [-0.25, -0.2) is 0 Å². The van der Waals surface area contributed by atoms with Crippen LogP contribution in [0.1, 0.15) is 10.4 Å². The van der Waals surface area contributed by atoms with Crippen LogP contribution in [0, 0.1) is 10.1 Å². The van der Waals surface area contributed by atoms with Crippen LogP contribution in [0.5, 0.6) is 5.75 Å². The lowest BCUT2D eigenvalue weighted by Crippen LogP contribution is -2.11. The number of hydrogen-bond acceptors (Lipinski definition) is 6. The molecule has 0 aliphatic heterocycles. The van der Waals surface area contributed by atoms with Gasteiger partial charge in [0.1, 0.15) is 4.90 Å². The molecule has 0 aliphatic carbocycles. The zero-order valence-electron chi connectivity index (χ0n) is 10.5. The summed E-state index contributed by atoms with van der Waals surface area (Å²) in [6.07, 6.45) is 0.457. The van der Waals surface area contributed by atoms with Crippen molar-refractivity contribution in [1.82, 2.24) is 0 Å². The number of non-ortho nitro benzene ring substituents is 1. The van der Waals surface area contributed by atoms with Crippen LogP contribution in [0.3, 0.4) is 0 Å². The van der Waals surface area contributed by atoms with E-state index in [1.807, 2.05) is 0 Å². The van der Waals surface area contributed by atoms with E-state index in [2.05, 4.69) is 0 Å². The summed E-state index contributed by atoms with van der Waals surface area (Å²) in [5.41, 5.74) is -0.310. The number of carbonyl (C=O) groups is 1. The maximum Gasteiger partial charge on any atom is 0.339 e. The Morgan fingerprint density at radius 2 is 1.81 bits per heavy atom. The molecule has 0 radical (unpaired) electrons. The fourth-order valence-corrected chi connectivity index (χ4v) is 2.57. The van der Waals surface area contributed by atoms with Gasteiger partial charge in [0.05, 0.1) is 10.5 Å². The number of carbonyl (C=O) groups excluding carboxylic acids is 1. The van der Waals surface area contributed by atoms with Crippen molar-refractivity contribution in [2.75, 3.05) is 0 Å². The molecule has 0 aliphatic rings. The van der Waals surface area contributed by atoms with Crippen molar-refractivity contribution < 1.29 is 22.3 Å². The SMILES string of the molecule is O=Cc1ccccc1OS(=O)(=O)c1cccc([N+](=O)[O-])c1. The van der Waals surface area contributed by atoms with Crippen molar-refractivity contribution in [3.8, 4) is 5.75 Å². The molecule has 0 amide bonds. The van der Waals surface area contributed by atoms with E-state index in [0.717, 1.165) is 6.07 Å². The van der Waals surface area contributed by atoms with Crippen LogP contribution in [-0.4, -0.2) is 19.6 Å². The van der Waals surface area contributed by atoms with E-state index in [1.165, 1.54) is 36.4 Å². The smallest absolute Gasteiger partial charge is 0.339 e. The van der Waals surface area contributed by atoms with Gasteiger partial charge in [0, 0.05) is 12.1 Å². The van der Waals surface area contributed by atoms with Gasteiger partial charge in [-0.15, -0.1) is 0 Å². The quantitative estimate of drug-likeness (QED) is 0.363. The van der Waals surface area contributed by atoms with E-state index < -0.39 is 15.0 Å². The Bertz CT molecular complexity index is 800. The van der Waals surface area contributed by atoms with E-state index in [1.54, 1.807) is 6.07 Å². The van der Waals surface area contributed by atoms with Crippen LogP contribution in [0.25, 0.3) is 0 Å². The standard InChI is InChI=1S/C13H9NO6S/c15-9-10-4-1-2-7-13(10)20-21(18,19)12-6-3-5-11(8-12)14(16)17/h1-9H. The first kappa shape index (κ1) is 14.7. The topological polar surface area (TPSA) is 104 Å². The molecule has 2 aromatic carbocycles. The lowest BCUT2D eigenvalue weighted by molar-refractivity contribution is -0.385. The highest BCUT2D eigenvalue weighted by molar-refractivity contribution is 7.87. The average molecular weight is 307 g/mol. The second-order valence-corrected chi connectivity index (χ2v) is 5.49. The predicted octanol–water partition coefficient (Wildman–Crippen LogP) is 2.17. The zero-order chi connectivity index (χ0) is 15.5. The minimum Gasteiger partial charge on any atom is -0.378 e. The first-order valence-corrected chi connectivity index (χ1v) is 7.08. The van der Waals surface area contributed by atoms with Crippen LogP contribution in [0.2, 0.25) is 0 Å². The molecular formula is C13H9NO6S. The second kappa shape index (κ2) is 5.71. The molecule has 0 aromatic heterocycles. The van der Waals surface area contributed by atoms with E-state index in [0.29, 0.717) is 6.29 Å². The monoisotopic (exact) mass is 307 g/mol. The van der Waals surface area contributed by atoms with Crippen LogP contribution >= 0.6 is 0 Å². The van der Waals surface area contributed by atoms with Crippen molar-refractivity contribution in [2.45, 2.75) is 4.90 Å². The van der Waals surface area contributed by atoms with Crippen LogP contribution in [0.4, 0.5) is 5.69 Å². The number of hydrogen-bond donors (Lipinski definition) is 0. The van der Waals surface area contributed by atoms with Gasteiger partial charge in [-0.3, -0.25) is 14.9 Å². The van der Waals surface area contributed by atoms with Crippen LogP contribution in [0.15, 0.2) is 53.4 Å². The van der Waals surface area contributed by atoms with Crippen molar-refractivity contribution >= 4 is 22.1 Å². The molecule has 7 nitrogen and oxygen atoms in total. The third-order valence-electron chi connectivity index (χ3n) is 2.56. The minimum absolute atomic E-state index is 0.0616. The molecule has 0 atom stereocenters. The molecule has 8 heteroatoms. The van der Waals surface area contributed by atoms with E-state index in [4.69, 9.17) is 4.18 Å². The molecule has 108 valence electrons. The highest BCUT2D eigenvalue weighted by Gasteiger charge is 2.20. The number of aldehydes is 1. The molecule has 0 bridgehead atoms. The molecule has 2 rings (SSSR count). The molecule has 0 saturated heterocycles. The summed E-state index contributed by atoms with van der Waals surface area (Å²) >= 11 is 0. The Balaban J connectivity index is 2.41. The highest BCUT2D eigenvalue weighted by Crippen LogP contribution is 2.23. The predicted molar refractivity (Wildman–Crippen MR) is 72.7 cm³/mol. The van der Waals surface area contributed by atoms with Gasteiger partial charge in [0.25, 0.3) is 5.69 Å². The summed E-state index contributed by atoms with van der Waals surface area (Å²) in [7, 11) is -4.27. The summed E-state index contributed by atoms with van der Waals surface area (Å²) in [5.74, 6) is -0.140. The molecular weight excluding hydrogens is 298 g/mol. The number of nitrogens with zero attached hydrogens (tertiary/aromatic N) is 1. The molecule has 0 saturated carbocycles. The molecule has 0 heterocycles. The Hall–Kier alpha value is -2.74. The third kappa shape index (κ3) is 3.23. The number of nitro groups is 1. The Morgan fingerprint density at radius 1 is 1.10 bits per heavy atom. The lowest BCUT2D eigenvalue weighted by Gasteiger charge is -2.08. The summed E-state index contributed by atoms with van der Waals surface area (Å²) in [6, 6.07) is 10.2. The molecule has 0 unspecified atom stereocenters. The lowest BCUT2D eigenvalue weighted by atomic mass is 10.2. The van der Waals surface area contributed by atoms with Gasteiger partial charge in [0.15, 0.2) is 12.0 Å². The maximum atomic E-state index is 12.1. The number of benzene rings is 2. The summed E-state index contributed by atoms with van der Waals surface area (Å²) in [4.78, 5) is 20.4. The number of rotatable bonds is 5. The number of para-hydroxylation sites is 1. The van der Waals surface area contributed by atoms with Crippen LogP contribution < -0.4 is 4.18 Å². The maximum absolute atomic E-state index is 12.1. The summed E-state index contributed by atoms with van der Waals surface area (Å²) in [5, 5.41) is 10.7. The third-order valence-corrected chi connectivity index (χ3v) is 3.79. The van der Waals surface area contributed by atoms with Crippen LogP contribution in [-0.2, 0) is 10.1 Å². The molecule has 0 spiro atoms. The van der Waals surface area contributed by atoms with E-state index >= 15 is 0 Å². The normalized spacial score (nSPS) is 10.9. The molecule has 0 fully saturated rings. The highest BCUT2D eigenvalue weighted by atomic mass is 32.2. The van der Waals surface area contributed by atoms with E-state index in [-0.39, 0.29) is 21.9 Å². The van der Waals surface area contributed by atoms with E-state index in [9.17, 15) is 23.3 Å². The fourth-order valence-electron chi connectivity index (χ4n) is 1.57. The van der Waals surface area contributed by atoms with Gasteiger partial charge >= 0.3 is 10.1 Å². The largest absolute Gasteiger partial charge is 0.378 e. The Kier molecular flexibility index (Phi) is 3.99. The molecule has 2 aromatic rings. The van der Waals surface area contributed by atoms with Crippen molar-refractivity contribution in [1.29, 1.82) is 0 Å². The van der Waals surface area contributed by atoms with Crippen molar-refractivity contribution in [3.05, 3.63) is 64.2 Å².